The molecule has 66 valence electrons. The molecule has 1 aliphatic carbocycles. The lowest BCUT2D eigenvalue weighted by Crippen LogP contribution is -2.16. The summed E-state index contributed by atoms with van der Waals surface area (Å²) in [5.74, 6) is 0. The summed E-state index contributed by atoms with van der Waals surface area (Å²) >= 11 is 1.77. The van der Waals surface area contributed by atoms with Crippen LogP contribution in [0, 0.1) is 0 Å². The number of hydrogen-bond donors (Lipinski definition) is 2. The Hall–Kier alpha value is -0.410. The highest BCUT2D eigenvalue weighted by Gasteiger charge is 2.49. The van der Waals surface area contributed by atoms with Crippen LogP contribution in [-0.4, -0.2) is 21.1 Å². The summed E-state index contributed by atoms with van der Waals surface area (Å²) in [6, 6.07) is 3.87. The monoisotopic (exact) mass is 183 g/mol. The Morgan fingerprint density at radius 3 is 2.83 bits per heavy atom. The van der Waals surface area contributed by atoms with Gasteiger partial charge in [0.1, 0.15) is 6.10 Å². The van der Waals surface area contributed by atoms with Gasteiger partial charge in [-0.05, 0) is 31.2 Å². The summed E-state index contributed by atoms with van der Waals surface area (Å²) in [6.45, 7) is 0. The fourth-order valence-corrected chi connectivity index (χ4v) is 2.37. The molecule has 1 aromatic heterocycles. The highest BCUT2D eigenvalue weighted by molar-refractivity contribution is 8.00. The second kappa shape index (κ2) is 2.82. The van der Waals surface area contributed by atoms with Gasteiger partial charge in [-0.1, -0.05) is 0 Å². The Bertz CT molecular complexity index is 254. The van der Waals surface area contributed by atoms with E-state index in [4.69, 9.17) is 0 Å². The molecule has 2 rings (SSSR count). The van der Waals surface area contributed by atoms with Gasteiger partial charge in [0.15, 0.2) is 0 Å². The number of H-pyrrole nitrogens is 1. The van der Waals surface area contributed by atoms with Gasteiger partial charge < -0.3 is 10.1 Å². The Balaban J connectivity index is 2.15. The van der Waals surface area contributed by atoms with Gasteiger partial charge in [-0.15, -0.1) is 0 Å². The van der Waals surface area contributed by atoms with E-state index in [1.165, 1.54) is 0 Å². The summed E-state index contributed by atoms with van der Waals surface area (Å²) in [5.41, 5.74) is 0.946. The molecule has 12 heavy (non-hydrogen) atoms. The van der Waals surface area contributed by atoms with E-state index in [0.29, 0.717) is 0 Å². The van der Waals surface area contributed by atoms with Crippen LogP contribution in [0.25, 0.3) is 0 Å². The molecular formula is C9H13NOS. The number of nitrogens with one attached hydrogen (secondary N) is 1. The van der Waals surface area contributed by atoms with Crippen molar-refractivity contribution in [3.8, 4) is 0 Å². The lowest BCUT2D eigenvalue weighted by molar-refractivity contribution is 0.163. The molecule has 0 bridgehead atoms. The minimum absolute atomic E-state index is 0.116. The van der Waals surface area contributed by atoms with Crippen LogP contribution < -0.4 is 0 Å². The van der Waals surface area contributed by atoms with Crippen LogP contribution in [0.5, 0.6) is 0 Å². The summed E-state index contributed by atoms with van der Waals surface area (Å²) in [7, 11) is 0. The highest BCUT2D eigenvalue weighted by Crippen LogP contribution is 2.55. The van der Waals surface area contributed by atoms with Crippen molar-refractivity contribution in [3.05, 3.63) is 24.0 Å². The van der Waals surface area contributed by atoms with Crippen LogP contribution >= 0.6 is 11.8 Å². The predicted octanol–water partition coefficient (Wildman–Crippen LogP) is 1.94. The number of thioether (sulfide) groups is 1. The van der Waals surface area contributed by atoms with E-state index in [1.807, 2.05) is 18.3 Å². The minimum Gasteiger partial charge on any atom is -0.385 e. The number of hydrogen-bond acceptors (Lipinski definition) is 2. The second-order valence-electron chi connectivity index (χ2n) is 3.30. The summed E-state index contributed by atoms with van der Waals surface area (Å²) in [4.78, 5) is 3.05. The van der Waals surface area contributed by atoms with E-state index in [9.17, 15) is 5.11 Å². The Labute approximate surface area is 76.4 Å². The van der Waals surface area contributed by atoms with Gasteiger partial charge in [-0.25, -0.2) is 0 Å². The zero-order chi connectivity index (χ0) is 8.60. The quantitative estimate of drug-likeness (QED) is 0.751. The number of aromatic amines is 1. The molecule has 1 atom stereocenters. The molecule has 0 saturated heterocycles. The average molecular weight is 183 g/mol. The molecule has 2 nitrogen and oxygen atoms in total. The Morgan fingerprint density at radius 1 is 1.67 bits per heavy atom. The lowest BCUT2D eigenvalue weighted by atomic mass is 10.1. The number of aliphatic hydroxyl groups is 1. The van der Waals surface area contributed by atoms with Crippen LogP contribution in [0.2, 0.25) is 0 Å². The van der Waals surface area contributed by atoms with Crippen molar-refractivity contribution < 1.29 is 5.11 Å². The first kappa shape index (κ1) is 8.20. The maximum absolute atomic E-state index is 9.95. The minimum atomic E-state index is -0.317. The van der Waals surface area contributed by atoms with Crippen LogP contribution in [0.3, 0.4) is 0 Å². The summed E-state index contributed by atoms with van der Waals surface area (Å²) < 4.78 is 0.116. The van der Waals surface area contributed by atoms with Crippen molar-refractivity contribution >= 4 is 11.8 Å². The van der Waals surface area contributed by atoms with Crippen molar-refractivity contribution in [2.45, 2.75) is 23.7 Å². The third-order valence-electron chi connectivity index (χ3n) is 2.56. The van der Waals surface area contributed by atoms with E-state index in [0.717, 1.165) is 18.5 Å². The SMILES string of the molecule is CSC1(C(O)c2ccc[nH]2)CC1. The molecule has 1 fully saturated rings. The van der Waals surface area contributed by atoms with Crippen LogP contribution in [0.15, 0.2) is 18.3 Å². The number of aromatic nitrogens is 1. The van der Waals surface area contributed by atoms with Crippen molar-refractivity contribution in [1.29, 1.82) is 0 Å². The van der Waals surface area contributed by atoms with E-state index in [1.54, 1.807) is 11.8 Å². The number of rotatable bonds is 3. The first-order valence-corrected chi connectivity index (χ1v) is 5.37. The zero-order valence-electron chi connectivity index (χ0n) is 7.08. The van der Waals surface area contributed by atoms with Crippen molar-refractivity contribution in [1.82, 2.24) is 4.98 Å². The third kappa shape index (κ3) is 1.17. The number of aliphatic hydroxyl groups excluding tert-OH is 1. The standard InChI is InChI=1S/C9H13NOS/c1-12-9(4-5-9)8(11)7-3-2-6-10-7/h2-3,6,8,10-11H,4-5H2,1H3. The summed E-state index contributed by atoms with van der Waals surface area (Å²) in [6.07, 6.45) is 5.87. The predicted molar refractivity (Wildman–Crippen MR) is 51.2 cm³/mol. The van der Waals surface area contributed by atoms with Gasteiger partial charge in [0.05, 0.1) is 0 Å². The topological polar surface area (TPSA) is 36.0 Å². The molecular weight excluding hydrogens is 170 g/mol. The molecule has 0 amide bonds. The van der Waals surface area contributed by atoms with Crippen molar-refractivity contribution in [2.75, 3.05) is 6.26 Å². The molecule has 0 aliphatic heterocycles. The summed E-state index contributed by atoms with van der Waals surface area (Å²) in [5, 5.41) is 9.95. The van der Waals surface area contributed by atoms with E-state index in [2.05, 4.69) is 11.2 Å². The van der Waals surface area contributed by atoms with Crippen LogP contribution in [0.1, 0.15) is 24.6 Å². The molecule has 1 saturated carbocycles. The Kier molecular flexibility index (Phi) is 1.93. The van der Waals surface area contributed by atoms with E-state index in [-0.39, 0.29) is 10.9 Å². The first-order valence-electron chi connectivity index (χ1n) is 4.15. The molecule has 1 aromatic rings. The smallest absolute Gasteiger partial charge is 0.108 e. The largest absolute Gasteiger partial charge is 0.385 e. The molecule has 0 spiro atoms. The Morgan fingerprint density at radius 2 is 2.42 bits per heavy atom. The normalized spacial score (nSPS) is 22.2. The zero-order valence-corrected chi connectivity index (χ0v) is 7.90. The van der Waals surface area contributed by atoms with Crippen LogP contribution in [-0.2, 0) is 0 Å². The molecule has 1 aliphatic rings. The molecule has 0 aromatic carbocycles. The van der Waals surface area contributed by atoms with Gasteiger partial charge >= 0.3 is 0 Å². The fourth-order valence-electron chi connectivity index (χ4n) is 1.51. The molecule has 0 radical (unpaired) electrons. The van der Waals surface area contributed by atoms with Crippen LogP contribution in [0.4, 0.5) is 0 Å². The van der Waals surface area contributed by atoms with Gasteiger partial charge in [0, 0.05) is 16.6 Å². The maximum atomic E-state index is 9.95. The first-order chi connectivity index (χ1) is 5.78. The molecule has 1 heterocycles. The van der Waals surface area contributed by atoms with E-state index < -0.39 is 0 Å². The second-order valence-corrected chi connectivity index (χ2v) is 4.52. The van der Waals surface area contributed by atoms with E-state index >= 15 is 0 Å². The van der Waals surface area contributed by atoms with Gasteiger partial charge in [-0.2, -0.15) is 11.8 Å². The maximum Gasteiger partial charge on any atom is 0.108 e. The molecule has 3 heteroatoms. The third-order valence-corrected chi connectivity index (χ3v) is 4.01. The molecule has 1 unspecified atom stereocenters. The highest BCUT2D eigenvalue weighted by atomic mass is 32.2. The lowest BCUT2D eigenvalue weighted by Gasteiger charge is -2.18. The van der Waals surface area contributed by atoms with Gasteiger partial charge in [-0.3, -0.25) is 0 Å². The molecule has 2 N–H and O–H groups in total. The van der Waals surface area contributed by atoms with Gasteiger partial charge in [0.2, 0.25) is 0 Å². The average Bonchev–Trinajstić information content (AvgIpc) is 2.71. The van der Waals surface area contributed by atoms with Crippen molar-refractivity contribution in [2.24, 2.45) is 0 Å². The van der Waals surface area contributed by atoms with Crippen molar-refractivity contribution in [3.63, 3.8) is 0 Å². The fraction of sp³-hybridized carbons (Fsp3) is 0.556. The van der Waals surface area contributed by atoms with Gasteiger partial charge in [0.25, 0.3) is 0 Å².